The van der Waals surface area contributed by atoms with Gasteiger partial charge < -0.3 is 101 Å². The van der Waals surface area contributed by atoms with Crippen LogP contribution < -0.4 is 10.6 Å². The van der Waals surface area contributed by atoms with Crippen LogP contribution in [0.5, 0.6) is 0 Å². The number of hydrogen-bond donors (Lipinski definition) is 16. The first-order valence-electron chi connectivity index (χ1n) is 29.9. The molecular formula is C60H88N6O18S3. The van der Waals surface area contributed by atoms with E-state index in [9.17, 15) is 70.9 Å². The molecule has 0 aromatic carbocycles. The Morgan fingerprint density at radius 1 is 0.632 bits per heavy atom. The number of thioether (sulfide) groups is 3. The molecule has 87 heavy (non-hydrogen) atoms. The summed E-state index contributed by atoms with van der Waals surface area (Å²) in [6.07, 6.45) is -13.7. The van der Waals surface area contributed by atoms with Crippen LogP contribution in [0.1, 0.15) is 127 Å². The number of fused-ring (bicyclic) bond motifs is 8. The second-order valence-electron chi connectivity index (χ2n) is 23.0. The van der Waals surface area contributed by atoms with Crippen molar-refractivity contribution in [2.24, 2.45) is 0 Å². The molecule has 3 aromatic heterocycles. The molecule has 5 aliphatic rings. The number of carbonyl (C=O) groups excluding carboxylic acids is 2. The quantitative estimate of drug-likeness (QED) is 0.0533. The number of amides is 2. The van der Waals surface area contributed by atoms with Crippen molar-refractivity contribution < 1.29 is 89.8 Å². The summed E-state index contributed by atoms with van der Waals surface area (Å²) in [5.41, 5.74) is 8.62. The van der Waals surface area contributed by atoms with Gasteiger partial charge >= 0.3 is 0 Å². The van der Waals surface area contributed by atoms with Gasteiger partial charge in [-0.05, 0) is 130 Å². The normalized spacial score (nSPS) is 30.6. The number of aryl methyl sites for hydroxylation is 4. The first kappa shape index (κ1) is 69.1. The standard InChI is InChI=1S/C60H88N6O18S3/c1-8-32-26(2)34-22-39-44(31(7)81-16-11-19-87-60-56(79)53(76)50(73)42(25-69)84-60)28(4)36(64-39)20-35-27(3)33(12-13-43(70)61-14-9-17-85-58-54(77)51(74)48(71)40(23-67)82-58)46(65-35)30(6)47-45(29(5)37(66-47)21-38(32)63-34)57(80)62-15-10-18-86-59-55(78)52(75)49(72)41(24-68)83-59/h20-22,27,31,33,40-42,48-56,58-60,63,66-69,71-79H,8-19,23-25H2,1-7H3,(H,61,70)(H,62,80)/t27-,31?,33-,40+,41+,42+,48+,49+,50+,51-,52-,53-,54+,55+,56+,58-,59-,60-/m0/s1. The predicted octanol–water partition coefficient (Wildman–Crippen LogP) is 1.42. The lowest BCUT2D eigenvalue weighted by Gasteiger charge is -2.39. The molecule has 0 aliphatic carbocycles. The number of aromatic amines is 2. The van der Waals surface area contributed by atoms with Crippen LogP contribution in [0.25, 0.3) is 33.2 Å². The fourth-order valence-corrected chi connectivity index (χ4v) is 15.3. The van der Waals surface area contributed by atoms with Gasteiger partial charge in [0.05, 0.1) is 48.4 Å². The van der Waals surface area contributed by atoms with E-state index in [1.54, 1.807) is 0 Å². The molecule has 8 heterocycles. The Kier molecular flexibility index (Phi) is 24.6. The van der Waals surface area contributed by atoms with Gasteiger partial charge in [-0.25, -0.2) is 4.98 Å². The second kappa shape index (κ2) is 31.0. The van der Waals surface area contributed by atoms with E-state index in [0.717, 1.165) is 33.3 Å². The van der Waals surface area contributed by atoms with Gasteiger partial charge in [0.2, 0.25) is 5.91 Å². The summed E-state index contributed by atoms with van der Waals surface area (Å²) >= 11 is 3.68. The molecule has 27 heteroatoms. The van der Waals surface area contributed by atoms with Gasteiger partial charge in [0, 0.05) is 71.5 Å². The number of aliphatic hydroxyl groups excluding tert-OH is 12. The zero-order valence-corrected chi connectivity index (χ0v) is 52.6. The van der Waals surface area contributed by atoms with Crippen molar-refractivity contribution in [3.8, 4) is 0 Å². The first-order chi connectivity index (χ1) is 41.5. The summed E-state index contributed by atoms with van der Waals surface area (Å²) in [6.45, 7) is 13.3. The minimum Gasteiger partial charge on any atom is -0.394 e. The average molecular weight is 1280 g/mol. The molecule has 0 saturated carbocycles. The number of aliphatic hydroxyl groups is 12. The van der Waals surface area contributed by atoms with Crippen molar-refractivity contribution in [1.82, 2.24) is 30.6 Å². The summed E-state index contributed by atoms with van der Waals surface area (Å²) in [5.74, 6) is 0.236. The highest BCUT2D eigenvalue weighted by Crippen LogP contribution is 2.44. The number of ether oxygens (including phenoxy) is 4. The minimum absolute atomic E-state index is 0.132. The molecule has 3 fully saturated rings. The van der Waals surface area contributed by atoms with Gasteiger partial charge in [-0.15, -0.1) is 35.3 Å². The van der Waals surface area contributed by atoms with Crippen LogP contribution in [-0.4, -0.2) is 245 Å². The molecule has 0 spiro atoms. The zero-order valence-electron chi connectivity index (χ0n) is 50.2. The highest BCUT2D eigenvalue weighted by Gasteiger charge is 2.46. The maximum absolute atomic E-state index is 14.7. The van der Waals surface area contributed by atoms with Gasteiger partial charge in [0.25, 0.3) is 5.91 Å². The Bertz CT molecular complexity index is 3050. The predicted molar refractivity (Wildman–Crippen MR) is 331 cm³/mol. The molecule has 5 aliphatic heterocycles. The summed E-state index contributed by atoms with van der Waals surface area (Å²) < 4.78 is 23.5. The number of H-pyrrole nitrogens is 2. The Labute approximate surface area is 518 Å². The number of hydrogen-bond acceptors (Lipinski definition) is 23. The average Bonchev–Trinajstić information content (AvgIpc) is 1.93. The molecule has 8 rings (SSSR count). The number of nitrogens with one attached hydrogen (secondary N) is 4. The van der Waals surface area contributed by atoms with Crippen molar-refractivity contribution in [1.29, 1.82) is 0 Å². The van der Waals surface area contributed by atoms with Gasteiger partial charge in [0.1, 0.15) is 89.6 Å². The van der Waals surface area contributed by atoms with Gasteiger partial charge in [-0.3, -0.25) is 14.6 Å². The van der Waals surface area contributed by atoms with Crippen molar-refractivity contribution in [3.05, 3.63) is 68.8 Å². The minimum atomic E-state index is -1.50. The fraction of sp³-hybridized carbons (Fsp3) is 0.667. The molecule has 8 bridgehead atoms. The lowest BCUT2D eigenvalue weighted by Crippen LogP contribution is -2.57. The molecule has 484 valence electrons. The van der Waals surface area contributed by atoms with E-state index in [-0.39, 0.29) is 36.6 Å². The van der Waals surface area contributed by atoms with E-state index < -0.39 is 115 Å². The largest absolute Gasteiger partial charge is 0.394 e. The van der Waals surface area contributed by atoms with Gasteiger partial charge in [-0.2, -0.15) is 0 Å². The van der Waals surface area contributed by atoms with Crippen molar-refractivity contribution in [3.63, 3.8) is 0 Å². The van der Waals surface area contributed by atoms with E-state index in [2.05, 4.69) is 41.4 Å². The first-order valence-corrected chi connectivity index (χ1v) is 33.1. The molecule has 0 radical (unpaired) electrons. The highest BCUT2D eigenvalue weighted by atomic mass is 32.2. The fourth-order valence-electron chi connectivity index (χ4n) is 12.0. The third-order valence-corrected chi connectivity index (χ3v) is 21.0. The number of allylic oxidation sites excluding steroid dienone is 1. The number of nitrogens with zero attached hydrogens (tertiary/aromatic N) is 2. The smallest absolute Gasteiger partial charge is 0.253 e. The van der Waals surface area contributed by atoms with Crippen LogP contribution >= 0.6 is 35.3 Å². The maximum atomic E-state index is 14.7. The summed E-state index contributed by atoms with van der Waals surface area (Å²) in [4.78, 5) is 46.4. The molecule has 2 amide bonds. The van der Waals surface area contributed by atoms with Crippen LogP contribution in [0.15, 0.2) is 18.2 Å². The highest BCUT2D eigenvalue weighted by molar-refractivity contribution is 8.00. The van der Waals surface area contributed by atoms with E-state index in [0.29, 0.717) is 113 Å². The van der Waals surface area contributed by atoms with Crippen LogP contribution in [0.3, 0.4) is 0 Å². The molecule has 1 unspecified atom stereocenters. The Morgan fingerprint density at radius 3 is 1.68 bits per heavy atom. The van der Waals surface area contributed by atoms with Crippen molar-refractivity contribution >= 4 is 80.3 Å². The number of aromatic nitrogens is 4. The maximum Gasteiger partial charge on any atom is 0.253 e. The lowest BCUT2D eigenvalue weighted by molar-refractivity contribution is -0.205. The van der Waals surface area contributed by atoms with Crippen LogP contribution in [0.2, 0.25) is 0 Å². The summed E-state index contributed by atoms with van der Waals surface area (Å²) in [5, 5.41) is 128. The molecule has 16 N–H and O–H groups in total. The van der Waals surface area contributed by atoms with Crippen molar-refractivity contribution in [2.75, 3.05) is 56.8 Å². The lowest BCUT2D eigenvalue weighted by atomic mass is 9.85. The van der Waals surface area contributed by atoms with Crippen LogP contribution in [0, 0.1) is 20.8 Å². The third-order valence-electron chi connectivity index (χ3n) is 17.3. The topological polar surface area (TPSA) is 395 Å². The van der Waals surface area contributed by atoms with E-state index in [4.69, 9.17) is 28.9 Å². The van der Waals surface area contributed by atoms with Crippen LogP contribution in [0.4, 0.5) is 0 Å². The summed E-state index contributed by atoms with van der Waals surface area (Å²) in [6, 6.07) is 6.02. The molecule has 24 nitrogen and oxygen atoms in total. The Hall–Kier alpha value is -3.79. The van der Waals surface area contributed by atoms with Gasteiger partial charge in [-0.1, -0.05) is 13.8 Å². The Morgan fingerprint density at radius 2 is 1.15 bits per heavy atom. The monoisotopic (exact) mass is 1280 g/mol. The molecular weight excluding hydrogens is 1190 g/mol. The zero-order chi connectivity index (χ0) is 63.1. The molecule has 18 atom stereocenters. The van der Waals surface area contributed by atoms with Crippen LogP contribution in [-0.2, 0) is 30.2 Å². The Balaban J connectivity index is 1.09. The third kappa shape index (κ3) is 15.4. The molecule has 3 aromatic rings. The number of rotatable bonds is 25. The van der Waals surface area contributed by atoms with Gasteiger partial charge in [0.15, 0.2) is 0 Å². The second-order valence-corrected chi connectivity index (χ2v) is 26.7. The van der Waals surface area contributed by atoms with E-state index in [1.165, 1.54) is 35.3 Å². The molecule has 3 saturated heterocycles. The van der Waals surface area contributed by atoms with E-state index >= 15 is 0 Å². The van der Waals surface area contributed by atoms with Crippen molar-refractivity contribution in [2.45, 2.75) is 194 Å². The SMILES string of the molecule is CCc1c(C)c2cc3nc(cc4nc(c(C)c5[nH]c(cc1[nH]2)c(C)c5C(=O)NCCCS[C@@H]1O[C@H](CO)[C@@H](O)[C@H](O)[C@H]1O)[C@@H](CCC(=O)NCCCS[C@@H]1O[C@H](CO)[C@@H](O)[C@H](O)[C@H]1O)[C@@H]4C)C(C)=C3C(C)OCCCS[C@@H]1O[C@H](CO)[C@@H](O)[C@H](O)[C@H]1O. The van der Waals surface area contributed by atoms with E-state index in [1.807, 2.05) is 45.9 Å². The summed E-state index contributed by atoms with van der Waals surface area (Å²) in [7, 11) is 0. The number of carbonyl (C=O) groups is 2.